The van der Waals surface area contributed by atoms with E-state index in [2.05, 4.69) is 15.5 Å². The smallest absolute Gasteiger partial charge is 0.227 e. The summed E-state index contributed by atoms with van der Waals surface area (Å²) in [6.07, 6.45) is 0.657. The lowest BCUT2D eigenvalue weighted by atomic mass is 10.1. The number of nitrogens with zero attached hydrogens (tertiary/aromatic N) is 2. The zero-order valence-corrected chi connectivity index (χ0v) is 14.9. The predicted molar refractivity (Wildman–Crippen MR) is 99.0 cm³/mol. The maximum atomic E-state index is 12.1. The number of hydrogen-bond acceptors (Lipinski definition) is 5. The highest BCUT2D eigenvalue weighted by Gasteiger charge is 2.11. The van der Waals surface area contributed by atoms with E-state index in [-0.39, 0.29) is 12.3 Å². The Kier molecular flexibility index (Phi) is 5.63. The molecule has 1 aromatic heterocycles. The summed E-state index contributed by atoms with van der Waals surface area (Å²) in [5, 5.41) is 6.83. The SMILES string of the molecule is CCOc1ccc(NC(=O)CCc2nc(-c3cccc(C)c3)no2)cc1. The van der Waals surface area contributed by atoms with Crippen LogP contribution in [0.3, 0.4) is 0 Å². The van der Waals surface area contributed by atoms with Crippen LogP contribution in [0.4, 0.5) is 5.69 Å². The van der Waals surface area contributed by atoms with Crippen molar-refractivity contribution in [1.82, 2.24) is 10.1 Å². The van der Waals surface area contributed by atoms with E-state index in [4.69, 9.17) is 9.26 Å². The summed E-state index contributed by atoms with van der Waals surface area (Å²) >= 11 is 0. The number of anilines is 1. The summed E-state index contributed by atoms with van der Waals surface area (Å²) in [6, 6.07) is 15.2. The summed E-state index contributed by atoms with van der Waals surface area (Å²) < 4.78 is 10.6. The molecule has 6 nitrogen and oxygen atoms in total. The fourth-order valence-electron chi connectivity index (χ4n) is 2.50. The minimum atomic E-state index is -0.107. The van der Waals surface area contributed by atoms with E-state index in [0.717, 1.165) is 22.6 Å². The molecule has 0 aliphatic carbocycles. The number of amides is 1. The van der Waals surface area contributed by atoms with Crippen molar-refractivity contribution < 1.29 is 14.1 Å². The van der Waals surface area contributed by atoms with Crippen LogP contribution in [-0.4, -0.2) is 22.7 Å². The first-order chi connectivity index (χ1) is 12.6. The molecular formula is C20H21N3O3. The van der Waals surface area contributed by atoms with Gasteiger partial charge in [-0.1, -0.05) is 28.9 Å². The number of aryl methyl sites for hydroxylation is 2. The molecule has 1 amide bonds. The molecule has 0 aliphatic rings. The van der Waals surface area contributed by atoms with Crippen molar-refractivity contribution in [3.8, 4) is 17.1 Å². The van der Waals surface area contributed by atoms with Crippen molar-refractivity contribution in [3.05, 3.63) is 60.0 Å². The topological polar surface area (TPSA) is 77.2 Å². The molecule has 1 N–H and O–H groups in total. The third kappa shape index (κ3) is 4.69. The third-order valence-electron chi connectivity index (χ3n) is 3.76. The van der Waals surface area contributed by atoms with Crippen LogP contribution >= 0.6 is 0 Å². The molecule has 134 valence electrons. The van der Waals surface area contributed by atoms with Gasteiger partial charge in [-0.25, -0.2) is 0 Å². The number of ether oxygens (including phenoxy) is 1. The van der Waals surface area contributed by atoms with Gasteiger partial charge in [0.15, 0.2) is 0 Å². The Morgan fingerprint density at radius 2 is 2.00 bits per heavy atom. The van der Waals surface area contributed by atoms with Crippen LogP contribution < -0.4 is 10.1 Å². The average molecular weight is 351 g/mol. The van der Waals surface area contributed by atoms with Gasteiger partial charge in [0.2, 0.25) is 17.6 Å². The largest absolute Gasteiger partial charge is 0.494 e. The van der Waals surface area contributed by atoms with E-state index in [1.54, 1.807) is 0 Å². The van der Waals surface area contributed by atoms with Crippen molar-refractivity contribution in [2.75, 3.05) is 11.9 Å². The van der Waals surface area contributed by atoms with E-state index in [0.29, 0.717) is 24.7 Å². The van der Waals surface area contributed by atoms with Crippen LogP contribution in [0.2, 0.25) is 0 Å². The Morgan fingerprint density at radius 1 is 1.19 bits per heavy atom. The van der Waals surface area contributed by atoms with Crippen molar-refractivity contribution in [2.45, 2.75) is 26.7 Å². The Labute approximate surface area is 152 Å². The van der Waals surface area contributed by atoms with Crippen molar-refractivity contribution in [3.63, 3.8) is 0 Å². The molecule has 0 spiro atoms. The van der Waals surface area contributed by atoms with E-state index >= 15 is 0 Å². The quantitative estimate of drug-likeness (QED) is 0.696. The highest BCUT2D eigenvalue weighted by atomic mass is 16.5. The number of carbonyl (C=O) groups excluding carboxylic acids is 1. The van der Waals surface area contributed by atoms with Crippen LogP contribution in [0.15, 0.2) is 53.1 Å². The van der Waals surface area contributed by atoms with Crippen LogP contribution in [0, 0.1) is 6.92 Å². The molecule has 0 saturated heterocycles. The average Bonchev–Trinajstić information content (AvgIpc) is 3.11. The van der Waals surface area contributed by atoms with Gasteiger partial charge in [-0.3, -0.25) is 4.79 Å². The molecule has 1 heterocycles. The van der Waals surface area contributed by atoms with Gasteiger partial charge < -0.3 is 14.6 Å². The molecule has 26 heavy (non-hydrogen) atoms. The van der Waals surface area contributed by atoms with Crippen molar-refractivity contribution >= 4 is 11.6 Å². The minimum absolute atomic E-state index is 0.107. The summed E-state index contributed by atoms with van der Waals surface area (Å²) in [5.74, 6) is 1.66. The zero-order chi connectivity index (χ0) is 18.4. The maximum Gasteiger partial charge on any atom is 0.227 e. The Morgan fingerprint density at radius 3 is 2.73 bits per heavy atom. The second kappa shape index (κ2) is 8.29. The van der Waals surface area contributed by atoms with Crippen molar-refractivity contribution in [2.24, 2.45) is 0 Å². The number of benzene rings is 2. The number of aromatic nitrogens is 2. The van der Waals surface area contributed by atoms with E-state index in [1.807, 2.05) is 62.4 Å². The second-order valence-electron chi connectivity index (χ2n) is 5.89. The molecule has 0 radical (unpaired) electrons. The van der Waals surface area contributed by atoms with Gasteiger partial charge in [0, 0.05) is 24.1 Å². The van der Waals surface area contributed by atoms with Crippen LogP contribution in [0.1, 0.15) is 24.8 Å². The third-order valence-corrected chi connectivity index (χ3v) is 3.76. The first-order valence-corrected chi connectivity index (χ1v) is 8.56. The molecule has 0 saturated carbocycles. The van der Waals surface area contributed by atoms with Crippen molar-refractivity contribution in [1.29, 1.82) is 0 Å². The normalized spacial score (nSPS) is 10.5. The fourth-order valence-corrected chi connectivity index (χ4v) is 2.50. The highest BCUT2D eigenvalue weighted by molar-refractivity contribution is 5.90. The summed E-state index contributed by atoms with van der Waals surface area (Å²) in [5.41, 5.74) is 2.76. The predicted octanol–water partition coefficient (Wildman–Crippen LogP) is 4.02. The number of hydrogen-bond donors (Lipinski definition) is 1. The first kappa shape index (κ1) is 17.7. The molecule has 3 aromatic rings. The molecule has 3 rings (SSSR count). The van der Waals surface area contributed by atoms with Crippen LogP contribution in [0.5, 0.6) is 5.75 Å². The number of nitrogens with one attached hydrogen (secondary N) is 1. The summed E-state index contributed by atoms with van der Waals surface area (Å²) in [7, 11) is 0. The molecule has 6 heteroatoms. The van der Waals surface area contributed by atoms with E-state index < -0.39 is 0 Å². The fraction of sp³-hybridized carbons (Fsp3) is 0.250. The second-order valence-corrected chi connectivity index (χ2v) is 5.89. The Hall–Kier alpha value is -3.15. The van der Waals surface area contributed by atoms with Gasteiger partial charge in [-0.15, -0.1) is 0 Å². The zero-order valence-electron chi connectivity index (χ0n) is 14.9. The van der Waals surface area contributed by atoms with E-state index in [1.165, 1.54) is 0 Å². The lowest BCUT2D eigenvalue weighted by Gasteiger charge is -2.06. The minimum Gasteiger partial charge on any atom is -0.494 e. The maximum absolute atomic E-state index is 12.1. The van der Waals surface area contributed by atoms with Gasteiger partial charge in [0.1, 0.15) is 5.75 Å². The lowest BCUT2D eigenvalue weighted by Crippen LogP contribution is -2.12. The summed E-state index contributed by atoms with van der Waals surface area (Å²) in [4.78, 5) is 16.4. The van der Waals surface area contributed by atoms with Gasteiger partial charge in [0.05, 0.1) is 6.61 Å². The lowest BCUT2D eigenvalue weighted by molar-refractivity contribution is -0.116. The molecule has 0 atom stereocenters. The number of rotatable bonds is 7. The van der Waals surface area contributed by atoms with Gasteiger partial charge in [0.25, 0.3) is 0 Å². The molecule has 0 bridgehead atoms. The van der Waals surface area contributed by atoms with Gasteiger partial charge in [-0.2, -0.15) is 4.98 Å². The Bertz CT molecular complexity index is 872. The molecular weight excluding hydrogens is 330 g/mol. The molecule has 2 aromatic carbocycles. The number of carbonyl (C=O) groups is 1. The van der Waals surface area contributed by atoms with Gasteiger partial charge >= 0.3 is 0 Å². The highest BCUT2D eigenvalue weighted by Crippen LogP contribution is 2.18. The van der Waals surface area contributed by atoms with Gasteiger partial charge in [-0.05, 0) is 44.2 Å². The van der Waals surface area contributed by atoms with Crippen LogP contribution in [-0.2, 0) is 11.2 Å². The van der Waals surface area contributed by atoms with Crippen LogP contribution in [0.25, 0.3) is 11.4 Å². The monoisotopic (exact) mass is 351 g/mol. The Balaban J connectivity index is 1.53. The molecule has 0 aliphatic heterocycles. The standard InChI is InChI=1S/C20H21N3O3/c1-3-25-17-9-7-16(8-10-17)21-18(24)11-12-19-22-20(23-26-19)15-6-4-5-14(2)13-15/h4-10,13H,3,11-12H2,1-2H3,(H,21,24). The molecule has 0 unspecified atom stereocenters. The first-order valence-electron chi connectivity index (χ1n) is 8.56. The van der Waals surface area contributed by atoms with E-state index in [9.17, 15) is 4.79 Å². The summed E-state index contributed by atoms with van der Waals surface area (Å²) in [6.45, 7) is 4.55. The molecule has 0 fully saturated rings.